The molecule has 4 aromatic rings. The van der Waals surface area contributed by atoms with E-state index in [9.17, 15) is 22.8 Å². The van der Waals surface area contributed by atoms with Crippen LogP contribution in [0.2, 0.25) is 0 Å². The third kappa shape index (κ3) is 6.11. The number of alkyl halides is 3. The number of fused-ring (bicyclic) bond motifs is 1. The van der Waals surface area contributed by atoms with Crippen LogP contribution < -0.4 is 16.0 Å². The maximum Gasteiger partial charge on any atom is 0.416 e. The number of hydrogen-bond acceptors (Lipinski definition) is 4. The summed E-state index contributed by atoms with van der Waals surface area (Å²) in [5.41, 5.74) is 0.702. The van der Waals surface area contributed by atoms with Crippen molar-refractivity contribution >= 4 is 39.8 Å². The van der Waals surface area contributed by atoms with Crippen LogP contribution in [0, 0.1) is 6.92 Å². The second kappa shape index (κ2) is 10.2. The molecule has 0 bridgehead atoms. The number of aromatic nitrogens is 1. The largest absolute Gasteiger partial charge is 0.416 e. The van der Waals surface area contributed by atoms with Gasteiger partial charge in [-0.05, 0) is 81.1 Å². The van der Waals surface area contributed by atoms with Gasteiger partial charge >= 0.3 is 6.18 Å². The lowest BCUT2D eigenvalue weighted by molar-refractivity contribution is -0.137. The van der Waals surface area contributed by atoms with E-state index in [0.717, 1.165) is 28.5 Å². The second-order valence-corrected chi connectivity index (χ2v) is 9.95. The predicted molar refractivity (Wildman–Crippen MR) is 144 cm³/mol. The normalized spacial score (nSPS) is 11.8. The van der Waals surface area contributed by atoms with E-state index in [4.69, 9.17) is 0 Å². The Hall–Kier alpha value is -4.40. The first-order valence-corrected chi connectivity index (χ1v) is 11.9. The highest BCUT2D eigenvalue weighted by molar-refractivity contribution is 6.14. The molecule has 0 unspecified atom stereocenters. The number of pyridine rings is 1. The monoisotopic (exact) mass is 520 g/mol. The number of carbonyl (C=O) groups excluding carboxylic acids is 2. The third-order valence-electron chi connectivity index (χ3n) is 5.74. The summed E-state index contributed by atoms with van der Waals surface area (Å²) in [5, 5.41) is 10.4. The molecule has 196 valence electrons. The van der Waals surface area contributed by atoms with Crippen molar-refractivity contribution in [2.45, 2.75) is 39.4 Å². The van der Waals surface area contributed by atoms with Crippen LogP contribution in [0.15, 0.2) is 72.9 Å². The number of rotatable bonds is 5. The fraction of sp³-hybridized carbons (Fsp3) is 0.207. The number of amides is 2. The zero-order valence-electron chi connectivity index (χ0n) is 21.3. The van der Waals surface area contributed by atoms with Crippen molar-refractivity contribution < 1.29 is 22.8 Å². The van der Waals surface area contributed by atoms with Crippen LogP contribution in [0.3, 0.4) is 0 Å². The Morgan fingerprint density at radius 1 is 0.816 bits per heavy atom. The number of benzene rings is 3. The molecule has 0 atom stereocenters. The minimum Gasteiger partial charge on any atom is -0.365 e. The molecule has 1 heterocycles. The van der Waals surface area contributed by atoms with Gasteiger partial charge in [0.05, 0.1) is 5.56 Å². The lowest BCUT2D eigenvalue weighted by Gasteiger charge is -2.22. The van der Waals surface area contributed by atoms with Crippen molar-refractivity contribution in [2.75, 3.05) is 16.0 Å². The molecule has 3 aromatic carbocycles. The van der Waals surface area contributed by atoms with Crippen LogP contribution in [-0.2, 0) is 6.18 Å². The minimum absolute atomic E-state index is 0.130. The highest BCUT2D eigenvalue weighted by Gasteiger charge is 2.31. The average molecular weight is 521 g/mol. The SMILES string of the molecule is Cc1ccc(NC(=O)c2cccc(C(F)(F)F)c2)cc1NC(=O)c1cccc2c(NC(C)(C)C)nccc12. The standard InChI is InChI=1S/C29H27F3N4O2/c1-17-11-12-20(34-26(37)18-7-5-8-19(15-18)29(30,31)32)16-24(17)35-27(38)23-10-6-9-22-21(23)13-14-33-25(22)36-28(2,3)4/h5-16H,1-4H3,(H,33,36)(H,34,37)(H,35,38). The molecule has 0 radical (unpaired) electrons. The number of hydrogen-bond donors (Lipinski definition) is 3. The summed E-state index contributed by atoms with van der Waals surface area (Å²) in [6, 6.07) is 16.2. The van der Waals surface area contributed by atoms with Gasteiger partial charge in [0.25, 0.3) is 11.8 Å². The van der Waals surface area contributed by atoms with Crippen molar-refractivity contribution in [3.63, 3.8) is 0 Å². The summed E-state index contributed by atoms with van der Waals surface area (Å²) in [6.07, 6.45) is -2.92. The Kier molecular flexibility index (Phi) is 7.13. The molecule has 0 saturated heterocycles. The number of nitrogens with one attached hydrogen (secondary N) is 3. The first-order chi connectivity index (χ1) is 17.8. The molecule has 4 rings (SSSR count). The molecule has 0 aliphatic rings. The number of nitrogens with zero attached hydrogens (tertiary/aromatic N) is 1. The Morgan fingerprint density at radius 3 is 2.26 bits per heavy atom. The van der Waals surface area contributed by atoms with Crippen molar-refractivity contribution in [3.8, 4) is 0 Å². The molecule has 2 amide bonds. The summed E-state index contributed by atoms with van der Waals surface area (Å²) in [5.74, 6) is -0.384. The van der Waals surface area contributed by atoms with Crippen molar-refractivity contribution in [1.29, 1.82) is 0 Å². The molecule has 38 heavy (non-hydrogen) atoms. The van der Waals surface area contributed by atoms with Crippen LogP contribution >= 0.6 is 0 Å². The molecule has 0 aliphatic heterocycles. The van der Waals surface area contributed by atoms with Crippen molar-refractivity contribution in [1.82, 2.24) is 4.98 Å². The van der Waals surface area contributed by atoms with Crippen LogP contribution in [0.1, 0.15) is 52.6 Å². The van der Waals surface area contributed by atoms with Gasteiger partial charge in [0.2, 0.25) is 0 Å². The van der Waals surface area contributed by atoms with Crippen molar-refractivity contribution in [2.24, 2.45) is 0 Å². The molecular weight excluding hydrogens is 493 g/mol. The molecule has 0 spiro atoms. The van der Waals surface area contributed by atoms with E-state index in [1.807, 2.05) is 26.8 Å². The fourth-order valence-electron chi connectivity index (χ4n) is 3.92. The van der Waals surface area contributed by atoms with Gasteiger partial charge in [0.1, 0.15) is 5.82 Å². The second-order valence-electron chi connectivity index (χ2n) is 9.95. The summed E-state index contributed by atoms with van der Waals surface area (Å²) >= 11 is 0. The van der Waals surface area contributed by atoms with Crippen LogP contribution in [0.25, 0.3) is 10.8 Å². The summed E-state index contributed by atoms with van der Waals surface area (Å²) in [4.78, 5) is 30.4. The van der Waals surface area contributed by atoms with E-state index >= 15 is 0 Å². The first kappa shape index (κ1) is 26.7. The molecule has 6 nitrogen and oxygen atoms in total. The fourth-order valence-corrected chi connectivity index (χ4v) is 3.92. The number of aryl methyl sites for hydroxylation is 1. The quantitative estimate of drug-likeness (QED) is 0.258. The summed E-state index contributed by atoms with van der Waals surface area (Å²) in [7, 11) is 0. The summed E-state index contributed by atoms with van der Waals surface area (Å²) < 4.78 is 39.1. The van der Waals surface area contributed by atoms with Crippen LogP contribution in [0.4, 0.5) is 30.4 Å². The Morgan fingerprint density at radius 2 is 1.55 bits per heavy atom. The smallest absolute Gasteiger partial charge is 0.365 e. The Balaban J connectivity index is 1.58. The maximum absolute atomic E-state index is 13.3. The van der Waals surface area contributed by atoms with E-state index in [1.54, 1.807) is 49.5 Å². The van der Waals surface area contributed by atoms with Crippen molar-refractivity contribution in [3.05, 3.63) is 95.2 Å². The highest BCUT2D eigenvalue weighted by atomic mass is 19.4. The van der Waals surface area contributed by atoms with Gasteiger partial charge in [-0.15, -0.1) is 0 Å². The van der Waals surface area contributed by atoms with Gasteiger partial charge in [0, 0.05) is 39.6 Å². The molecule has 1 aromatic heterocycles. The third-order valence-corrected chi connectivity index (χ3v) is 5.74. The molecule has 0 aliphatic carbocycles. The molecule has 0 saturated carbocycles. The lowest BCUT2D eigenvalue weighted by atomic mass is 10.0. The molecule has 3 N–H and O–H groups in total. The van der Waals surface area contributed by atoms with Gasteiger partial charge < -0.3 is 16.0 Å². The van der Waals surface area contributed by atoms with E-state index in [2.05, 4.69) is 20.9 Å². The topological polar surface area (TPSA) is 83.1 Å². The maximum atomic E-state index is 13.3. The van der Waals surface area contributed by atoms with Crippen LogP contribution in [0.5, 0.6) is 0 Å². The highest BCUT2D eigenvalue weighted by Crippen LogP contribution is 2.30. The van der Waals surface area contributed by atoms with Gasteiger partial charge in [-0.25, -0.2) is 4.98 Å². The van der Waals surface area contributed by atoms with Crippen LogP contribution in [-0.4, -0.2) is 22.3 Å². The minimum atomic E-state index is -4.56. The molecular formula is C29H27F3N4O2. The molecule has 0 fully saturated rings. The number of carbonyl (C=O) groups is 2. The van der Waals surface area contributed by atoms with Gasteiger partial charge in [0.15, 0.2) is 0 Å². The van der Waals surface area contributed by atoms with E-state index in [-0.39, 0.29) is 17.0 Å². The number of halogens is 3. The van der Waals surface area contributed by atoms with Gasteiger partial charge in [-0.2, -0.15) is 13.2 Å². The average Bonchev–Trinajstić information content (AvgIpc) is 2.84. The Bertz CT molecular complexity index is 1520. The first-order valence-electron chi connectivity index (χ1n) is 11.9. The summed E-state index contributed by atoms with van der Waals surface area (Å²) in [6.45, 7) is 7.86. The van der Waals surface area contributed by atoms with E-state index < -0.39 is 17.6 Å². The Labute approximate surface area is 218 Å². The lowest BCUT2D eigenvalue weighted by Crippen LogP contribution is -2.26. The molecule has 9 heteroatoms. The van der Waals surface area contributed by atoms with Gasteiger partial charge in [-0.1, -0.05) is 24.3 Å². The van der Waals surface area contributed by atoms with Gasteiger partial charge in [-0.3, -0.25) is 9.59 Å². The van der Waals surface area contributed by atoms with E-state index in [0.29, 0.717) is 22.8 Å². The predicted octanol–water partition coefficient (Wildman–Crippen LogP) is 7.28. The number of anilines is 3. The zero-order chi connectivity index (χ0) is 27.7. The van der Waals surface area contributed by atoms with E-state index in [1.165, 1.54) is 12.1 Å². The zero-order valence-corrected chi connectivity index (χ0v) is 21.3.